The molecule has 0 aromatic heterocycles. The van der Waals surface area contributed by atoms with Gasteiger partial charge in [0.15, 0.2) is 0 Å². The highest BCUT2D eigenvalue weighted by Gasteiger charge is 2.64. The van der Waals surface area contributed by atoms with Crippen LogP contribution in [0, 0.1) is 6.92 Å². The second-order valence-electron chi connectivity index (χ2n) is 9.74. The number of aryl methyl sites for hydroxylation is 1. The minimum absolute atomic E-state index is 0.0184. The van der Waals surface area contributed by atoms with Crippen LogP contribution < -0.4 is 0 Å². The summed E-state index contributed by atoms with van der Waals surface area (Å²) in [7, 11) is 0. The van der Waals surface area contributed by atoms with Crippen molar-refractivity contribution in [3.63, 3.8) is 0 Å². The molecule has 0 N–H and O–H groups in total. The Morgan fingerprint density at radius 2 is 1.27 bits per heavy atom. The van der Waals surface area contributed by atoms with Gasteiger partial charge < -0.3 is 0 Å². The second kappa shape index (κ2) is 8.67. The predicted octanol–water partition coefficient (Wildman–Crippen LogP) is 7.22. The molecular formula is C28H36N2. The summed E-state index contributed by atoms with van der Waals surface area (Å²) >= 11 is 0. The Hall–Kier alpha value is -1.93. The molecule has 1 aliphatic carbocycles. The largest absolute Gasteiger partial charge is 0.265 e. The number of hydrogen-bond donors (Lipinski definition) is 0. The van der Waals surface area contributed by atoms with E-state index >= 15 is 0 Å². The van der Waals surface area contributed by atoms with E-state index in [4.69, 9.17) is 4.99 Å². The summed E-state index contributed by atoms with van der Waals surface area (Å²) in [6.45, 7) is 2.17. The van der Waals surface area contributed by atoms with E-state index in [9.17, 15) is 0 Å². The third-order valence-electron chi connectivity index (χ3n) is 7.54. The van der Waals surface area contributed by atoms with Crippen molar-refractivity contribution in [3.05, 3.63) is 71.3 Å². The molecule has 2 nitrogen and oxygen atoms in total. The molecule has 1 saturated carbocycles. The Morgan fingerprint density at radius 3 is 1.87 bits per heavy atom. The van der Waals surface area contributed by atoms with Crippen molar-refractivity contribution >= 4 is 5.71 Å². The summed E-state index contributed by atoms with van der Waals surface area (Å²) in [5.41, 5.74) is 5.48. The van der Waals surface area contributed by atoms with E-state index in [1.807, 2.05) is 0 Å². The highest BCUT2D eigenvalue weighted by atomic mass is 15.5. The average Bonchev–Trinajstić information content (AvgIpc) is 3.43. The quantitative estimate of drug-likeness (QED) is 0.486. The molecule has 3 unspecified atom stereocenters. The van der Waals surface area contributed by atoms with Gasteiger partial charge in [0.1, 0.15) is 5.66 Å². The Bertz CT molecular complexity index is 855. The first-order valence-electron chi connectivity index (χ1n) is 12.3. The summed E-state index contributed by atoms with van der Waals surface area (Å²) in [4.78, 5) is 8.34. The van der Waals surface area contributed by atoms with Crippen molar-refractivity contribution in [2.75, 3.05) is 0 Å². The molecule has 1 saturated heterocycles. The van der Waals surface area contributed by atoms with Gasteiger partial charge in [-0.3, -0.25) is 9.89 Å². The lowest BCUT2D eigenvalue weighted by atomic mass is 9.92. The van der Waals surface area contributed by atoms with Crippen LogP contribution in [0.3, 0.4) is 0 Å². The van der Waals surface area contributed by atoms with Crippen molar-refractivity contribution in [1.29, 1.82) is 0 Å². The third-order valence-corrected chi connectivity index (χ3v) is 7.54. The monoisotopic (exact) mass is 400 g/mol. The molecule has 0 radical (unpaired) electrons. The lowest BCUT2D eigenvalue weighted by molar-refractivity contribution is 0.182. The van der Waals surface area contributed by atoms with Crippen LogP contribution in [0.5, 0.6) is 0 Å². The van der Waals surface area contributed by atoms with Crippen molar-refractivity contribution in [2.45, 2.75) is 95.3 Å². The van der Waals surface area contributed by atoms with E-state index < -0.39 is 0 Å². The van der Waals surface area contributed by atoms with E-state index in [1.54, 1.807) is 0 Å². The van der Waals surface area contributed by atoms with Crippen molar-refractivity contribution < 1.29 is 0 Å². The van der Waals surface area contributed by atoms with Gasteiger partial charge in [0.05, 0.1) is 17.8 Å². The molecule has 2 heterocycles. The molecule has 5 rings (SSSR count). The smallest absolute Gasteiger partial charge is 0.114 e. The maximum atomic E-state index is 5.56. The van der Waals surface area contributed by atoms with Crippen molar-refractivity contribution in [2.24, 2.45) is 4.99 Å². The normalized spacial score (nSPS) is 28.8. The van der Waals surface area contributed by atoms with Crippen LogP contribution in [0.4, 0.5) is 0 Å². The summed E-state index contributed by atoms with van der Waals surface area (Å²) in [5.74, 6) is 0. The SMILES string of the molecule is Cc1ccc(C2=NC3(CCCCCCCCCCC3)N3C2C3c2ccccc2)cc1. The molecule has 3 aliphatic rings. The molecule has 1 spiro atoms. The number of hydrogen-bond acceptors (Lipinski definition) is 2. The lowest BCUT2D eigenvalue weighted by Crippen LogP contribution is -2.34. The molecule has 2 aromatic carbocycles. The van der Waals surface area contributed by atoms with E-state index in [-0.39, 0.29) is 5.66 Å². The fourth-order valence-electron chi connectivity index (χ4n) is 5.88. The van der Waals surface area contributed by atoms with Gasteiger partial charge in [0, 0.05) is 0 Å². The Morgan fingerprint density at radius 1 is 0.700 bits per heavy atom. The molecule has 0 amide bonds. The van der Waals surface area contributed by atoms with Gasteiger partial charge in [-0.05, 0) is 43.7 Å². The lowest BCUT2D eigenvalue weighted by Gasteiger charge is -2.31. The molecule has 2 aromatic rings. The minimum atomic E-state index is 0.0184. The van der Waals surface area contributed by atoms with Gasteiger partial charge in [-0.25, -0.2) is 0 Å². The summed E-state index contributed by atoms with van der Waals surface area (Å²) in [5, 5.41) is 0. The molecule has 158 valence electrons. The number of benzene rings is 2. The van der Waals surface area contributed by atoms with Gasteiger partial charge in [-0.2, -0.15) is 0 Å². The molecule has 0 bridgehead atoms. The van der Waals surface area contributed by atoms with Gasteiger partial charge in [-0.15, -0.1) is 0 Å². The van der Waals surface area contributed by atoms with Gasteiger partial charge >= 0.3 is 0 Å². The maximum Gasteiger partial charge on any atom is 0.114 e. The van der Waals surface area contributed by atoms with E-state index in [1.165, 1.54) is 93.0 Å². The average molecular weight is 401 g/mol. The zero-order valence-electron chi connectivity index (χ0n) is 18.5. The first-order chi connectivity index (χ1) is 14.8. The summed E-state index contributed by atoms with van der Waals surface area (Å²) < 4.78 is 0. The highest BCUT2D eigenvalue weighted by molar-refractivity contribution is 6.08. The molecule has 30 heavy (non-hydrogen) atoms. The number of nitrogens with zero attached hydrogens (tertiary/aromatic N) is 2. The molecule has 3 atom stereocenters. The standard InChI is InChI=1S/C28H36N2/c1-22-16-18-23(19-17-22)25-27-26(24-14-10-9-11-15-24)30(27)28(29-25)20-12-7-5-3-2-4-6-8-13-21-28/h9-11,14-19,26-27H,2-8,12-13,20-21H2,1H3. The summed E-state index contributed by atoms with van der Waals surface area (Å²) in [6, 6.07) is 21.2. The zero-order chi connectivity index (χ0) is 20.4. The van der Waals surface area contributed by atoms with Gasteiger partial charge in [-0.1, -0.05) is 105 Å². The second-order valence-corrected chi connectivity index (χ2v) is 9.74. The minimum Gasteiger partial charge on any atom is -0.265 e. The molecule has 2 heteroatoms. The first-order valence-corrected chi connectivity index (χ1v) is 12.3. The van der Waals surface area contributed by atoms with Crippen LogP contribution in [-0.4, -0.2) is 22.3 Å². The van der Waals surface area contributed by atoms with E-state index in [0.717, 1.165) is 0 Å². The number of fused-ring (bicyclic) bond motifs is 2. The fourth-order valence-corrected chi connectivity index (χ4v) is 5.88. The third kappa shape index (κ3) is 3.87. The van der Waals surface area contributed by atoms with Crippen LogP contribution in [0.1, 0.15) is 93.4 Å². The molecular weight excluding hydrogens is 364 g/mol. The molecule has 2 fully saturated rings. The van der Waals surface area contributed by atoms with Crippen LogP contribution in [0.25, 0.3) is 0 Å². The predicted molar refractivity (Wildman–Crippen MR) is 126 cm³/mol. The van der Waals surface area contributed by atoms with Crippen LogP contribution in [0.15, 0.2) is 59.6 Å². The first kappa shape index (κ1) is 20.0. The Labute approximate surface area is 182 Å². The summed E-state index contributed by atoms with van der Waals surface area (Å²) in [6.07, 6.45) is 14.9. The Balaban J connectivity index is 1.48. The number of aliphatic imine (C=N–C) groups is 1. The zero-order valence-corrected chi connectivity index (χ0v) is 18.5. The topological polar surface area (TPSA) is 15.4 Å². The van der Waals surface area contributed by atoms with E-state index in [0.29, 0.717) is 12.1 Å². The fraction of sp³-hybridized carbons (Fsp3) is 0.536. The maximum absolute atomic E-state index is 5.56. The molecule has 2 aliphatic heterocycles. The van der Waals surface area contributed by atoms with Crippen LogP contribution >= 0.6 is 0 Å². The van der Waals surface area contributed by atoms with Gasteiger partial charge in [0.2, 0.25) is 0 Å². The van der Waals surface area contributed by atoms with Gasteiger partial charge in [0.25, 0.3) is 0 Å². The van der Waals surface area contributed by atoms with Crippen molar-refractivity contribution in [1.82, 2.24) is 4.90 Å². The van der Waals surface area contributed by atoms with Crippen LogP contribution in [-0.2, 0) is 0 Å². The highest BCUT2D eigenvalue weighted by Crippen LogP contribution is 2.58. The van der Waals surface area contributed by atoms with E-state index in [2.05, 4.69) is 66.4 Å². The Kier molecular flexibility index (Phi) is 5.78. The van der Waals surface area contributed by atoms with Crippen LogP contribution in [0.2, 0.25) is 0 Å². The van der Waals surface area contributed by atoms with Crippen molar-refractivity contribution in [3.8, 4) is 0 Å². The number of rotatable bonds is 2.